The van der Waals surface area contributed by atoms with E-state index in [2.05, 4.69) is 10.3 Å². The highest BCUT2D eigenvalue weighted by molar-refractivity contribution is 5.92. The van der Waals surface area contributed by atoms with Crippen molar-refractivity contribution >= 4 is 11.9 Å². The van der Waals surface area contributed by atoms with Gasteiger partial charge in [-0.1, -0.05) is 17.3 Å². The van der Waals surface area contributed by atoms with Crippen LogP contribution in [-0.2, 0) is 0 Å². The van der Waals surface area contributed by atoms with Crippen LogP contribution >= 0.6 is 0 Å². The van der Waals surface area contributed by atoms with Crippen molar-refractivity contribution in [1.82, 2.24) is 15.0 Å². The van der Waals surface area contributed by atoms with Gasteiger partial charge >= 0.3 is 11.9 Å². The van der Waals surface area contributed by atoms with Crippen molar-refractivity contribution < 1.29 is 19.8 Å². The number of para-hydroxylation sites is 1. The maximum Gasteiger partial charge on any atom is 0.358 e. The molecule has 7 nitrogen and oxygen atoms in total. The van der Waals surface area contributed by atoms with Gasteiger partial charge in [-0.15, -0.1) is 5.10 Å². The first-order valence-electron chi connectivity index (χ1n) is 4.58. The van der Waals surface area contributed by atoms with Crippen LogP contribution in [0.1, 0.15) is 20.8 Å². The third kappa shape index (κ3) is 1.98. The van der Waals surface area contributed by atoms with Gasteiger partial charge in [0.25, 0.3) is 0 Å². The normalized spacial score (nSPS) is 10.1. The van der Waals surface area contributed by atoms with E-state index in [1.54, 1.807) is 12.1 Å². The van der Waals surface area contributed by atoms with Crippen molar-refractivity contribution in [2.45, 2.75) is 0 Å². The van der Waals surface area contributed by atoms with Crippen LogP contribution in [0.4, 0.5) is 0 Å². The average Bonchev–Trinajstić information content (AvgIpc) is 2.78. The van der Waals surface area contributed by atoms with Gasteiger partial charge < -0.3 is 10.2 Å². The highest BCUT2D eigenvalue weighted by Crippen LogP contribution is 2.13. The van der Waals surface area contributed by atoms with Gasteiger partial charge in [-0.05, 0) is 12.1 Å². The number of benzene rings is 1. The molecule has 0 aliphatic rings. The van der Waals surface area contributed by atoms with Crippen LogP contribution in [0, 0.1) is 0 Å². The maximum atomic E-state index is 11.0. The summed E-state index contributed by atoms with van der Waals surface area (Å²) in [6, 6.07) is 6.12. The smallest absolute Gasteiger partial charge is 0.358 e. The Morgan fingerprint density at radius 2 is 1.82 bits per heavy atom. The van der Waals surface area contributed by atoms with E-state index >= 15 is 0 Å². The van der Waals surface area contributed by atoms with Gasteiger partial charge in [0.2, 0.25) is 0 Å². The summed E-state index contributed by atoms with van der Waals surface area (Å²) >= 11 is 0. The van der Waals surface area contributed by atoms with Crippen molar-refractivity contribution in [3.8, 4) is 5.69 Å². The molecule has 1 aromatic carbocycles. The summed E-state index contributed by atoms with van der Waals surface area (Å²) < 4.78 is 1.12. The Hall–Kier alpha value is -2.70. The van der Waals surface area contributed by atoms with Gasteiger partial charge in [-0.2, -0.15) is 0 Å². The molecular weight excluding hydrogens is 226 g/mol. The van der Waals surface area contributed by atoms with E-state index in [4.69, 9.17) is 10.2 Å². The molecule has 0 aliphatic heterocycles. The molecule has 0 spiro atoms. The quantitative estimate of drug-likeness (QED) is 0.806. The lowest BCUT2D eigenvalue weighted by atomic mass is 10.2. The number of hydrogen-bond donors (Lipinski definition) is 2. The standard InChI is InChI=1S/C10H7N3O4/c14-9(15)6-3-1-2-4-8(6)13-5-7(10(16)17)11-12-13/h1-5H,(H,14,15)(H,16,17). The lowest BCUT2D eigenvalue weighted by Gasteiger charge is -2.03. The lowest BCUT2D eigenvalue weighted by Crippen LogP contribution is -2.05. The Labute approximate surface area is 94.9 Å². The minimum Gasteiger partial charge on any atom is -0.478 e. The molecule has 86 valence electrons. The van der Waals surface area contributed by atoms with Gasteiger partial charge in [0, 0.05) is 0 Å². The molecule has 17 heavy (non-hydrogen) atoms. The number of hydrogen-bond acceptors (Lipinski definition) is 4. The maximum absolute atomic E-state index is 11.0. The van der Waals surface area contributed by atoms with Gasteiger partial charge in [-0.25, -0.2) is 14.3 Å². The fraction of sp³-hybridized carbons (Fsp3) is 0. The molecule has 0 amide bonds. The van der Waals surface area contributed by atoms with Crippen LogP contribution in [0.25, 0.3) is 5.69 Å². The first-order valence-corrected chi connectivity index (χ1v) is 4.58. The van der Waals surface area contributed by atoms with Crippen molar-refractivity contribution in [2.75, 3.05) is 0 Å². The number of aromatic nitrogens is 3. The number of carbonyl (C=O) groups is 2. The Kier molecular flexibility index (Phi) is 2.57. The van der Waals surface area contributed by atoms with Crippen LogP contribution in [0.3, 0.4) is 0 Å². The second-order valence-electron chi connectivity index (χ2n) is 3.18. The van der Waals surface area contributed by atoms with E-state index in [0.717, 1.165) is 10.9 Å². The van der Waals surface area contributed by atoms with Gasteiger partial charge in [-0.3, -0.25) is 0 Å². The molecule has 2 aromatic rings. The summed E-state index contributed by atoms with van der Waals surface area (Å²) in [7, 11) is 0. The predicted molar refractivity (Wildman–Crippen MR) is 55.3 cm³/mol. The van der Waals surface area contributed by atoms with Crippen LogP contribution in [-0.4, -0.2) is 37.1 Å². The number of carboxylic acid groups (broad SMARTS) is 2. The highest BCUT2D eigenvalue weighted by atomic mass is 16.4. The van der Waals surface area contributed by atoms with E-state index in [-0.39, 0.29) is 16.9 Å². The molecule has 0 unspecified atom stereocenters. The molecule has 0 atom stereocenters. The van der Waals surface area contributed by atoms with Crippen molar-refractivity contribution in [2.24, 2.45) is 0 Å². The summed E-state index contributed by atoms with van der Waals surface area (Å²) in [6.45, 7) is 0. The SMILES string of the molecule is O=C(O)c1cn(-c2ccccc2C(=O)O)nn1. The summed E-state index contributed by atoms with van der Waals surface area (Å²) in [4.78, 5) is 21.6. The highest BCUT2D eigenvalue weighted by Gasteiger charge is 2.14. The summed E-state index contributed by atoms with van der Waals surface area (Å²) in [5.41, 5.74) is 0.0412. The first-order chi connectivity index (χ1) is 8.09. The number of aromatic carboxylic acids is 2. The fourth-order valence-corrected chi connectivity index (χ4v) is 1.33. The molecule has 1 heterocycles. The molecule has 1 aromatic heterocycles. The Morgan fingerprint density at radius 1 is 1.12 bits per heavy atom. The molecular formula is C10H7N3O4. The second-order valence-corrected chi connectivity index (χ2v) is 3.18. The molecule has 0 radical (unpaired) electrons. The van der Waals surface area contributed by atoms with Crippen LogP contribution in [0.2, 0.25) is 0 Å². The third-order valence-electron chi connectivity index (χ3n) is 2.09. The van der Waals surface area contributed by atoms with Gasteiger partial charge in [0.05, 0.1) is 17.4 Å². The Bertz CT molecular complexity index is 591. The molecule has 0 saturated heterocycles. The lowest BCUT2D eigenvalue weighted by molar-refractivity contribution is 0.0683. The minimum absolute atomic E-state index is 0.0225. The van der Waals surface area contributed by atoms with Crippen molar-refractivity contribution in [3.05, 3.63) is 41.7 Å². The monoisotopic (exact) mass is 233 g/mol. The summed E-state index contributed by atoms with van der Waals surface area (Å²) in [5, 5.41) is 24.6. The number of carboxylic acids is 2. The number of rotatable bonds is 3. The Balaban J connectivity index is 2.52. The van der Waals surface area contributed by atoms with Crippen LogP contribution in [0.15, 0.2) is 30.5 Å². The molecule has 7 heteroatoms. The molecule has 0 aliphatic carbocycles. The topological polar surface area (TPSA) is 105 Å². The molecule has 0 fully saturated rings. The largest absolute Gasteiger partial charge is 0.478 e. The average molecular weight is 233 g/mol. The van der Waals surface area contributed by atoms with E-state index in [1.165, 1.54) is 12.1 Å². The fourth-order valence-electron chi connectivity index (χ4n) is 1.33. The van der Waals surface area contributed by atoms with Gasteiger partial charge in [0.1, 0.15) is 0 Å². The summed E-state index contributed by atoms with van der Waals surface area (Å²) in [5.74, 6) is -2.34. The minimum atomic E-state index is -1.22. The second kappa shape index (κ2) is 4.05. The molecule has 0 saturated carbocycles. The zero-order valence-corrected chi connectivity index (χ0v) is 8.44. The molecule has 2 rings (SSSR count). The zero-order valence-electron chi connectivity index (χ0n) is 8.44. The van der Waals surface area contributed by atoms with E-state index < -0.39 is 11.9 Å². The summed E-state index contributed by atoms with van der Waals surface area (Å²) in [6.07, 6.45) is 1.16. The third-order valence-corrected chi connectivity index (χ3v) is 2.09. The van der Waals surface area contributed by atoms with Crippen LogP contribution in [0.5, 0.6) is 0 Å². The Morgan fingerprint density at radius 3 is 2.41 bits per heavy atom. The van der Waals surface area contributed by atoms with Gasteiger partial charge in [0.15, 0.2) is 5.69 Å². The van der Waals surface area contributed by atoms with Crippen molar-refractivity contribution in [3.63, 3.8) is 0 Å². The van der Waals surface area contributed by atoms with Crippen LogP contribution < -0.4 is 0 Å². The zero-order chi connectivity index (χ0) is 12.4. The van der Waals surface area contributed by atoms with E-state index in [9.17, 15) is 9.59 Å². The molecule has 2 N–H and O–H groups in total. The molecule has 0 bridgehead atoms. The van der Waals surface area contributed by atoms with E-state index in [0.29, 0.717) is 0 Å². The van der Waals surface area contributed by atoms with Crippen molar-refractivity contribution in [1.29, 1.82) is 0 Å². The predicted octanol–water partition coefficient (Wildman–Crippen LogP) is 0.664. The first kappa shape index (κ1) is 10.8. The number of nitrogens with zero attached hydrogens (tertiary/aromatic N) is 3. The van der Waals surface area contributed by atoms with E-state index in [1.807, 2.05) is 0 Å².